The van der Waals surface area contributed by atoms with Gasteiger partial charge in [-0.2, -0.15) is 0 Å². The first-order valence-corrected chi connectivity index (χ1v) is 4.80. The molecule has 0 bridgehead atoms. The van der Waals surface area contributed by atoms with Gasteiger partial charge in [0.15, 0.2) is 0 Å². The minimum atomic E-state index is -0.196. The van der Waals surface area contributed by atoms with Crippen LogP contribution in [0.5, 0.6) is 0 Å². The summed E-state index contributed by atoms with van der Waals surface area (Å²) in [4.78, 5) is 10.7. The quantitative estimate of drug-likeness (QED) is 0.484. The summed E-state index contributed by atoms with van der Waals surface area (Å²) < 4.78 is 15.1. The van der Waals surface area contributed by atoms with Gasteiger partial charge in [0, 0.05) is 13.1 Å². The van der Waals surface area contributed by atoms with E-state index in [1.54, 1.807) is 0 Å². The standard InChI is InChI=1S/C9H17NO4/c1-12-9(11)2-3-10-6-8-7-13-4-5-14-8/h8,10H,2-7H2,1H3. The van der Waals surface area contributed by atoms with Gasteiger partial charge in [0.1, 0.15) is 0 Å². The molecule has 1 unspecified atom stereocenters. The van der Waals surface area contributed by atoms with Crippen LogP contribution in [0.2, 0.25) is 0 Å². The highest BCUT2D eigenvalue weighted by Crippen LogP contribution is 1.98. The number of ether oxygens (including phenoxy) is 3. The van der Waals surface area contributed by atoms with Crippen molar-refractivity contribution in [2.45, 2.75) is 12.5 Å². The van der Waals surface area contributed by atoms with E-state index in [1.807, 2.05) is 0 Å². The molecule has 0 aromatic rings. The van der Waals surface area contributed by atoms with E-state index >= 15 is 0 Å². The SMILES string of the molecule is COC(=O)CCNCC1COCCO1. The van der Waals surface area contributed by atoms with Gasteiger partial charge in [0.2, 0.25) is 0 Å². The van der Waals surface area contributed by atoms with Crippen molar-refractivity contribution in [3.63, 3.8) is 0 Å². The third-order valence-corrected chi connectivity index (χ3v) is 1.99. The molecule has 1 aliphatic heterocycles. The smallest absolute Gasteiger partial charge is 0.306 e. The topological polar surface area (TPSA) is 56.8 Å². The maximum atomic E-state index is 10.7. The molecule has 1 saturated heterocycles. The van der Waals surface area contributed by atoms with Crippen molar-refractivity contribution in [2.75, 3.05) is 40.0 Å². The number of hydrogen-bond acceptors (Lipinski definition) is 5. The molecule has 1 rings (SSSR count). The highest BCUT2D eigenvalue weighted by molar-refractivity contribution is 5.69. The van der Waals surface area contributed by atoms with E-state index in [2.05, 4.69) is 10.1 Å². The average Bonchev–Trinajstić information content (AvgIpc) is 2.25. The lowest BCUT2D eigenvalue weighted by Crippen LogP contribution is -2.38. The van der Waals surface area contributed by atoms with Gasteiger partial charge in [-0.25, -0.2) is 0 Å². The summed E-state index contributed by atoms with van der Waals surface area (Å²) in [7, 11) is 1.39. The number of hydrogen-bond donors (Lipinski definition) is 1. The normalized spacial score (nSPS) is 21.9. The fourth-order valence-electron chi connectivity index (χ4n) is 1.21. The molecule has 5 nitrogen and oxygen atoms in total. The molecule has 0 aliphatic carbocycles. The molecule has 0 spiro atoms. The number of carbonyl (C=O) groups excluding carboxylic acids is 1. The van der Waals surface area contributed by atoms with Crippen molar-refractivity contribution in [3.05, 3.63) is 0 Å². The van der Waals surface area contributed by atoms with Crippen LogP contribution in [0.3, 0.4) is 0 Å². The van der Waals surface area contributed by atoms with Crippen molar-refractivity contribution in [1.29, 1.82) is 0 Å². The Balaban J connectivity index is 1.94. The van der Waals surface area contributed by atoms with Crippen LogP contribution in [0.4, 0.5) is 0 Å². The molecule has 0 saturated carbocycles. The number of rotatable bonds is 5. The molecule has 1 aliphatic rings. The molecule has 82 valence electrons. The second-order valence-electron chi connectivity index (χ2n) is 3.10. The van der Waals surface area contributed by atoms with Gasteiger partial charge in [-0.05, 0) is 0 Å². The van der Waals surface area contributed by atoms with Crippen LogP contribution >= 0.6 is 0 Å². The summed E-state index contributed by atoms with van der Waals surface area (Å²) >= 11 is 0. The van der Waals surface area contributed by atoms with Crippen LogP contribution in [0.15, 0.2) is 0 Å². The minimum Gasteiger partial charge on any atom is -0.469 e. The van der Waals surface area contributed by atoms with E-state index in [0.717, 1.165) is 6.54 Å². The molecule has 1 fully saturated rings. The van der Waals surface area contributed by atoms with Gasteiger partial charge in [0.05, 0.1) is 39.5 Å². The lowest BCUT2D eigenvalue weighted by Gasteiger charge is -2.23. The first-order valence-electron chi connectivity index (χ1n) is 4.80. The van der Waals surface area contributed by atoms with Crippen molar-refractivity contribution in [3.8, 4) is 0 Å². The molecule has 0 amide bonds. The third kappa shape index (κ3) is 4.55. The summed E-state index contributed by atoms with van der Waals surface area (Å²) in [5.74, 6) is -0.196. The Morgan fingerprint density at radius 2 is 2.43 bits per heavy atom. The summed E-state index contributed by atoms with van der Waals surface area (Å²) in [6.45, 7) is 3.30. The van der Waals surface area contributed by atoms with Crippen LogP contribution in [-0.2, 0) is 19.0 Å². The predicted octanol–water partition coefficient (Wildman–Crippen LogP) is -0.445. The number of methoxy groups -OCH3 is 1. The van der Waals surface area contributed by atoms with Crippen molar-refractivity contribution >= 4 is 5.97 Å². The summed E-state index contributed by atoms with van der Waals surface area (Å²) in [5, 5.41) is 3.11. The third-order valence-electron chi connectivity index (χ3n) is 1.99. The van der Waals surface area contributed by atoms with Crippen LogP contribution in [-0.4, -0.2) is 52.1 Å². The fraction of sp³-hybridized carbons (Fsp3) is 0.889. The molecule has 1 heterocycles. The zero-order chi connectivity index (χ0) is 10.2. The van der Waals surface area contributed by atoms with E-state index in [0.29, 0.717) is 32.8 Å². The second-order valence-corrected chi connectivity index (χ2v) is 3.10. The van der Waals surface area contributed by atoms with E-state index in [-0.39, 0.29) is 12.1 Å². The Hall–Kier alpha value is -0.650. The van der Waals surface area contributed by atoms with E-state index in [9.17, 15) is 4.79 Å². The van der Waals surface area contributed by atoms with Gasteiger partial charge in [-0.1, -0.05) is 0 Å². The highest BCUT2D eigenvalue weighted by atomic mass is 16.6. The number of nitrogens with one attached hydrogen (secondary N) is 1. The Morgan fingerprint density at radius 3 is 3.07 bits per heavy atom. The monoisotopic (exact) mass is 203 g/mol. The van der Waals surface area contributed by atoms with Crippen molar-refractivity contribution in [1.82, 2.24) is 5.32 Å². The summed E-state index contributed by atoms with van der Waals surface area (Å²) in [6, 6.07) is 0. The molecule has 1 atom stereocenters. The maximum absolute atomic E-state index is 10.7. The lowest BCUT2D eigenvalue weighted by molar-refractivity contribution is -0.140. The van der Waals surface area contributed by atoms with E-state index < -0.39 is 0 Å². The Labute approximate surface area is 83.7 Å². The number of carbonyl (C=O) groups is 1. The van der Waals surface area contributed by atoms with Gasteiger partial charge in [-0.15, -0.1) is 0 Å². The zero-order valence-corrected chi connectivity index (χ0v) is 8.45. The minimum absolute atomic E-state index is 0.112. The Morgan fingerprint density at radius 1 is 1.57 bits per heavy atom. The molecular formula is C9H17NO4. The first kappa shape index (κ1) is 11.4. The largest absolute Gasteiger partial charge is 0.469 e. The average molecular weight is 203 g/mol. The summed E-state index contributed by atoms with van der Waals surface area (Å²) in [5.41, 5.74) is 0. The Bertz CT molecular complexity index is 168. The van der Waals surface area contributed by atoms with Crippen molar-refractivity contribution in [2.24, 2.45) is 0 Å². The van der Waals surface area contributed by atoms with Gasteiger partial charge in [-0.3, -0.25) is 4.79 Å². The molecule has 1 N–H and O–H groups in total. The number of esters is 1. The fourth-order valence-corrected chi connectivity index (χ4v) is 1.21. The molecule has 0 aromatic heterocycles. The first-order chi connectivity index (χ1) is 6.83. The molecule has 5 heteroatoms. The highest BCUT2D eigenvalue weighted by Gasteiger charge is 2.13. The Kier molecular flexibility index (Phi) is 5.51. The lowest BCUT2D eigenvalue weighted by atomic mass is 10.3. The second kappa shape index (κ2) is 6.75. The zero-order valence-electron chi connectivity index (χ0n) is 8.45. The molecule has 14 heavy (non-hydrogen) atoms. The van der Waals surface area contributed by atoms with Crippen LogP contribution in [0.1, 0.15) is 6.42 Å². The van der Waals surface area contributed by atoms with E-state index in [1.165, 1.54) is 7.11 Å². The maximum Gasteiger partial charge on any atom is 0.306 e. The van der Waals surface area contributed by atoms with Crippen molar-refractivity contribution < 1.29 is 19.0 Å². The van der Waals surface area contributed by atoms with Crippen LogP contribution in [0.25, 0.3) is 0 Å². The van der Waals surface area contributed by atoms with Gasteiger partial charge in [0.25, 0.3) is 0 Å². The summed E-state index contributed by atoms with van der Waals surface area (Å²) in [6.07, 6.45) is 0.505. The van der Waals surface area contributed by atoms with Crippen LogP contribution in [0, 0.1) is 0 Å². The predicted molar refractivity (Wildman–Crippen MR) is 50.1 cm³/mol. The molecular weight excluding hydrogens is 186 g/mol. The van der Waals surface area contributed by atoms with Crippen LogP contribution < -0.4 is 5.32 Å². The van der Waals surface area contributed by atoms with Gasteiger partial charge >= 0.3 is 5.97 Å². The van der Waals surface area contributed by atoms with E-state index in [4.69, 9.17) is 9.47 Å². The molecule has 0 aromatic carbocycles. The molecule has 0 radical (unpaired) electrons. The van der Waals surface area contributed by atoms with Gasteiger partial charge < -0.3 is 19.5 Å².